The first-order chi connectivity index (χ1) is 23.6. The highest BCUT2D eigenvalue weighted by molar-refractivity contribution is 7.26. The summed E-state index contributed by atoms with van der Waals surface area (Å²) in [5.41, 5.74) is 16.4. The summed E-state index contributed by atoms with van der Waals surface area (Å²) in [5.74, 6) is 0. The van der Waals surface area contributed by atoms with Crippen LogP contribution in [0.1, 0.15) is 25.0 Å². The molecule has 4 aromatic heterocycles. The third kappa shape index (κ3) is 2.48. The van der Waals surface area contributed by atoms with E-state index >= 15 is 0 Å². The lowest BCUT2D eigenvalue weighted by molar-refractivity contribution is 0.664. The van der Waals surface area contributed by atoms with Gasteiger partial charge in [0.2, 0.25) is 0 Å². The van der Waals surface area contributed by atoms with E-state index in [0.29, 0.717) is 0 Å². The second-order valence-electron chi connectivity index (χ2n) is 14.4. The van der Waals surface area contributed by atoms with Gasteiger partial charge in [0.25, 0.3) is 0 Å². The summed E-state index contributed by atoms with van der Waals surface area (Å²) in [6, 6.07) is 43.0. The molecule has 0 fully saturated rings. The van der Waals surface area contributed by atoms with E-state index in [9.17, 15) is 0 Å². The van der Waals surface area contributed by atoms with Crippen molar-refractivity contribution in [1.82, 2.24) is 9.05 Å². The second-order valence-corrected chi connectivity index (χ2v) is 15.4. The van der Waals surface area contributed by atoms with Crippen molar-refractivity contribution in [3.8, 4) is 28.1 Å². The Morgan fingerprint density at radius 2 is 1.42 bits per heavy atom. The molecule has 2 aliphatic heterocycles. The van der Waals surface area contributed by atoms with Gasteiger partial charge in [-0.1, -0.05) is 111 Å². The maximum Gasteiger partial charge on any atom is 0.333 e. The highest BCUT2D eigenvalue weighted by Crippen LogP contribution is 2.56. The Morgan fingerprint density at radius 1 is 0.667 bits per heavy atom. The number of aromatic nitrogens is 2. The zero-order valence-corrected chi connectivity index (χ0v) is 27.1. The Balaban J connectivity index is 1.33. The molecule has 0 spiro atoms. The fourth-order valence-electron chi connectivity index (χ4n) is 10.1. The lowest BCUT2D eigenvalue weighted by Gasteiger charge is -2.34. The Bertz CT molecular complexity index is 3170. The summed E-state index contributed by atoms with van der Waals surface area (Å²) < 4.78 is 13.6. The molecule has 13 rings (SSSR count). The normalized spacial score (nSPS) is 15.0. The van der Waals surface area contributed by atoms with Gasteiger partial charge in [0.1, 0.15) is 5.58 Å². The van der Waals surface area contributed by atoms with Gasteiger partial charge in [-0.3, -0.25) is 0 Å². The standard InChI is InChI=1S/C43H25BN2OS/c1-43(2)30-17-6-3-12-24(30)39-35(43)27-16-10-18-31-38(27)45(39)40-36-28(21-29-22-11-4-7-19-32(22)47-41(29)40)23-14-9-15-26-34-25-13-5-8-20-33(25)48-42(34)46(37(23)26)44(31)36/h3-21H,1-2H3. The van der Waals surface area contributed by atoms with E-state index in [2.05, 4.69) is 138 Å². The van der Waals surface area contributed by atoms with Crippen molar-refractivity contribution in [2.75, 3.05) is 0 Å². The number of fused-ring (bicyclic) bond motifs is 18. The summed E-state index contributed by atoms with van der Waals surface area (Å²) in [6.45, 7) is 4.82. The van der Waals surface area contributed by atoms with Crippen molar-refractivity contribution < 1.29 is 4.42 Å². The molecule has 0 saturated heterocycles. The number of hydrogen-bond acceptors (Lipinski definition) is 2. The molecule has 3 nitrogen and oxygen atoms in total. The van der Waals surface area contributed by atoms with Gasteiger partial charge < -0.3 is 13.5 Å². The molecule has 5 heteroatoms. The third-order valence-electron chi connectivity index (χ3n) is 11.9. The van der Waals surface area contributed by atoms with Crippen molar-refractivity contribution >= 4 is 93.2 Å². The van der Waals surface area contributed by atoms with E-state index in [4.69, 9.17) is 4.42 Å². The fourth-order valence-corrected chi connectivity index (χ4v) is 11.4. The lowest BCUT2D eigenvalue weighted by atomic mass is 9.45. The number of para-hydroxylation sites is 3. The van der Waals surface area contributed by atoms with Crippen LogP contribution < -0.4 is 10.9 Å². The molecule has 0 saturated carbocycles. The average Bonchev–Trinajstić information content (AvgIpc) is 3.89. The van der Waals surface area contributed by atoms with Crippen LogP contribution in [0, 0.1) is 0 Å². The van der Waals surface area contributed by atoms with Crippen LogP contribution in [0.5, 0.6) is 0 Å². The lowest BCUT2D eigenvalue weighted by Crippen LogP contribution is -2.55. The Kier molecular flexibility index (Phi) is 3.99. The van der Waals surface area contributed by atoms with Gasteiger partial charge in [-0.2, -0.15) is 0 Å². The zero-order chi connectivity index (χ0) is 31.2. The quantitative estimate of drug-likeness (QED) is 0.153. The van der Waals surface area contributed by atoms with E-state index in [-0.39, 0.29) is 12.3 Å². The molecular formula is C43H25BN2OS. The minimum absolute atomic E-state index is 0.0140. The van der Waals surface area contributed by atoms with Crippen molar-refractivity contribution in [3.63, 3.8) is 0 Å². The van der Waals surface area contributed by atoms with Crippen LogP contribution >= 0.6 is 11.3 Å². The number of furan rings is 1. The van der Waals surface area contributed by atoms with Gasteiger partial charge in [0.05, 0.1) is 21.7 Å². The maximum atomic E-state index is 6.99. The van der Waals surface area contributed by atoms with Crippen LogP contribution in [0.15, 0.2) is 120 Å². The molecule has 0 amide bonds. The minimum atomic E-state index is -0.138. The van der Waals surface area contributed by atoms with Crippen LogP contribution in [0.3, 0.4) is 0 Å². The predicted octanol–water partition coefficient (Wildman–Crippen LogP) is 10.1. The summed E-state index contributed by atoms with van der Waals surface area (Å²) in [6.07, 6.45) is 0. The van der Waals surface area contributed by atoms with Crippen LogP contribution in [0.25, 0.3) is 92.1 Å². The van der Waals surface area contributed by atoms with Crippen LogP contribution in [-0.4, -0.2) is 15.9 Å². The summed E-state index contributed by atoms with van der Waals surface area (Å²) in [4.78, 5) is 1.35. The minimum Gasteiger partial charge on any atom is -0.454 e. The number of nitrogens with zero attached hydrogens (tertiary/aromatic N) is 2. The fraction of sp³-hybridized carbons (Fsp3) is 0.0698. The number of hydrogen-bond donors (Lipinski definition) is 0. The van der Waals surface area contributed by atoms with E-state index in [1.54, 1.807) is 0 Å². The Hall–Kier alpha value is -5.52. The molecule has 0 bridgehead atoms. The number of benzene rings is 6. The molecule has 0 N–H and O–H groups in total. The van der Waals surface area contributed by atoms with Crippen molar-refractivity contribution in [2.24, 2.45) is 0 Å². The first kappa shape index (κ1) is 24.6. The van der Waals surface area contributed by atoms with Crippen molar-refractivity contribution in [1.29, 1.82) is 0 Å². The van der Waals surface area contributed by atoms with E-state index in [1.165, 1.54) is 103 Å². The van der Waals surface area contributed by atoms with Crippen LogP contribution in [0.4, 0.5) is 0 Å². The summed E-state index contributed by atoms with van der Waals surface area (Å²) >= 11 is 1.93. The SMILES string of the molecule is CC1(C)c2ccccc2-c2c1c1cccc3c1n2-c1c2c(cc4c1oc1ccccc14)-c1cccc4c5c6ccccc6sc5n(c14)B23. The largest absolute Gasteiger partial charge is 0.454 e. The first-order valence-electron chi connectivity index (χ1n) is 16.8. The number of rotatable bonds is 0. The monoisotopic (exact) mass is 628 g/mol. The third-order valence-corrected chi connectivity index (χ3v) is 13.0. The molecule has 6 aromatic carbocycles. The maximum absolute atomic E-state index is 6.99. The van der Waals surface area contributed by atoms with Gasteiger partial charge in [0.15, 0.2) is 5.58 Å². The van der Waals surface area contributed by atoms with Gasteiger partial charge in [-0.15, -0.1) is 11.3 Å². The highest BCUT2D eigenvalue weighted by atomic mass is 32.1. The van der Waals surface area contributed by atoms with Crippen molar-refractivity contribution in [3.05, 3.63) is 126 Å². The predicted molar refractivity (Wildman–Crippen MR) is 202 cm³/mol. The smallest absolute Gasteiger partial charge is 0.333 e. The zero-order valence-electron chi connectivity index (χ0n) is 26.3. The summed E-state index contributed by atoms with van der Waals surface area (Å²) in [7, 11) is 0. The first-order valence-corrected chi connectivity index (χ1v) is 17.6. The second kappa shape index (κ2) is 7.78. The molecule has 48 heavy (non-hydrogen) atoms. The molecule has 0 atom stereocenters. The molecule has 3 aliphatic rings. The van der Waals surface area contributed by atoms with E-state index in [1.807, 2.05) is 11.3 Å². The topological polar surface area (TPSA) is 23.0 Å². The van der Waals surface area contributed by atoms with Gasteiger partial charge in [-0.05, 0) is 45.8 Å². The molecule has 222 valence electrons. The van der Waals surface area contributed by atoms with Gasteiger partial charge >= 0.3 is 6.85 Å². The molecule has 1 aliphatic carbocycles. The van der Waals surface area contributed by atoms with Crippen LogP contribution in [-0.2, 0) is 5.41 Å². The molecule has 0 unspecified atom stereocenters. The Morgan fingerprint density at radius 3 is 2.35 bits per heavy atom. The average molecular weight is 629 g/mol. The summed E-state index contributed by atoms with van der Waals surface area (Å²) in [5, 5.41) is 7.76. The molecule has 6 heterocycles. The van der Waals surface area contributed by atoms with E-state index < -0.39 is 0 Å². The van der Waals surface area contributed by atoms with E-state index in [0.717, 1.165) is 11.2 Å². The molecule has 10 aromatic rings. The number of thiophene rings is 1. The Labute approximate surface area is 279 Å². The molecular weight excluding hydrogens is 603 g/mol. The molecule has 0 radical (unpaired) electrons. The van der Waals surface area contributed by atoms with Gasteiger partial charge in [-0.25, -0.2) is 0 Å². The highest BCUT2D eigenvalue weighted by Gasteiger charge is 2.48. The van der Waals surface area contributed by atoms with Crippen molar-refractivity contribution in [2.45, 2.75) is 19.3 Å². The van der Waals surface area contributed by atoms with Crippen LogP contribution in [0.2, 0.25) is 0 Å². The van der Waals surface area contributed by atoms with Gasteiger partial charge in [0, 0.05) is 59.1 Å².